The van der Waals surface area contributed by atoms with Gasteiger partial charge in [0.15, 0.2) is 5.78 Å². The van der Waals surface area contributed by atoms with Crippen LogP contribution in [0.1, 0.15) is 62.2 Å². The number of fused-ring (bicyclic) bond motifs is 2. The molecule has 6 nitrogen and oxygen atoms in total. The van der Waals surface area contributed by atoms with E-state index >= 15 is 0 Å². The van der Waals surface area contributed by atoms with Gasteiger partial charge in [-0.3, -0.25) is 9.59 Å². The van der Waals surface area contributed by atoms with E-state index in [1.165, 1.54) is 6.92 Å². The largest absolute Gasteiger partial charge is 0.353 e. The van der Waals surface area contributed by atoms with Crippen LogP contribution in [0.4, 0.5) is 10.5 Å². The molecule has 27 heavy (non-hydrogen) atoms. The number of hydrogen-bond donors (Lipinski definition) is 2. The summed E-state index contributed by atoms with van der Waals surface area (Å²) in [5, 5.41) is 6.17. The van der Waals surface area contributed by atoms with Crippen molar-refractivity contribution in [3.05, 3.63) is 29.8 Å². The highest BCUT2D eigenvalue weighted by atomic mass is 16.2. The van der Waals surface area contributed by atoms with E-state index in [1.807, 2.05) is 11.0 Å². The molecule has 6 heteroatoms. The molecule has 2 bridgehead atoms. The summed E-state index contributed by atoms with van der Waals surface area (Å²) in [6.45, 7) is 1.52. The number of amides is 3. The lowest BCUT2D eigenvalue weighted by Crippen LogP contribution is -2.59. The van der Waals surface area contributed by atoms with E-state index in [2.05, 4.69) is 10.6 Å². The Hall–Kier alpha value is -2.37. The molecule has 1 saturated carbocycles. The Morgan fingerprint density at radius 1 is 1.04 bits per heavy atom. The van der Waals surface area contributed by atoms with Crippen molar-refractivity contribution in [2.45, 2.75) is 70.0 Å². The molecular weight excluding hydrogens is 342 g/mol. The van der Waals surface area contributed by atoms with Crippen molar-refractivity contribution >= 4 is 23.4 Å². The van der Waals surface area contributed by atoms with Crippen LogP contribution in [0.3, 0.4) is 0 Å². The standard InChI is InChI=1S/C21H27N3O3/c1-13(25)15-4-2-5-16(10-15)23-21(27)24-18-6-3-7-19(24)12-17(11-18)22-20(26)14-8-9-14/h2,4-5,10,14,17-19H,3,6-9,11-12H2,1H3,(H,22,26)(H,23,27)/t17?,18-,19+. The molecule has 144 valence electrons. The van der Waals surface area contributed by atoms with Gasteiger partial charge >= 0.3 is 6.03 Å². The molecule has 3 fully saturated rings. The van der Waals surface area contributed by atoms with Gasteiger partial charge < -0.3 is 15.5 Å². The molecule has 0 spiro atoms. The predicted octanol–water partition coefficient (Wildman–Crippen LogP) is 3.33. The van der Waals surface area contributed by atoms with Crippen LogP contribution in [0, 0.1) is 5.92 Å². The van der Waals surface area contributed by atoms with Crippen LogP contribution in [0.25, 0.3) is 0 Å². The second-order valence-electron chi connectivity index (χ2n) is 8.16. The molecule has 1 aromatic carbocycles. The van der Waals surface area contributed by atoms with Gasteiger partial charge in [0.1, 0.15) is 0 Å². The molecular formula is C21H27N3O3. The van der Waals surface area contributed by atoms with Gasteiger partial charge in [-0.1, -0.05) is 12.1 Å². The lowest BCUT2D eigenvalue weighted by atomic mass is 9.82. The summed E-state index contributed by atoms with van der Waals surface area (Å²) in [5.74, 6) is 0.395. The zero-order chi connectivity index (χ0) is 19.0. The number of piperidine rings is 2. The number of hydrogen-bond acceptors (Lipinski definition) is 3. The van der Waals surface area contributed by atoms with E-state index in [-0.39, 0.29) is 41.8 Å². The number of nitrogens with one attached hydrogen (secondary N) is 2. The molecule has 2 N–H and O–H groups in total. The number of carbonyl (C=O) groups excluding carboxylic acids is 3. The van der Waals surface area contributed by atoms with Crippen molar-refractivity contribution in [2.24, 2.45) is 5.92 Å². The highest BCUT2D eigenvalue weighted by molar-refractivity contribution is 5.96. The van der Waals surface area contributed by atoms with E-state index < -0.39 is 0 Å². The van der Waals surface area contributed by atoms with Crippen LogP contribution in [0.15, 0.2) is 24.3 Å². The Kier molecular flexibility index (Phi) is 4.89. The first-order chi connectivity index (χ1) is 13.0. The lowest BCUT2D eigenvalue weighted by Gasteiger charge is -2.48. The van der Waals surface area contributed by atoms with Crippen molar-refractivity contribution < 1.29 is 14.4 Å². The molecule has 2 aliphatic heterocycles. The number of Topliss-reactive ketones (excluding diaryl/α,β-unsaturated/α-hetero) is 1. The molecule has 3 atom stereocenters. The number of urea groups is 1. The third-order valence-electron chi connectivity index (χ3n) is 6.02. The van der Waals surface area contributed by atoms with Gasteiger partial charge in [0.25, 0.3) is 0 Å². The summed E-state index contributed by atoms with van der Waals surface area (Å²) >= 11 is 0. The Morgan fingerprint density at radius 3 is 2.37 bits per heavy atom. The summed E-state index contributed by atoms with van der Waals surface area (Å²) in [4.78, 5) is 38.6. The maximum Gasteiger partial charge on any atom is 0.322 e. The summed E-state index contributed by atoms with van der Waals surface area (Å²) in [5.41, 5.74) is 1.24. The summed E-state index contributed by atoms with van der Waals surface area (Å²) in [7, 11) is 0. The van der Waals surface area contributed by atoms with E-state index in [0.717, 1.165) is 44.9 Å². The number of rotatable bonds is 4. The first-order valence-corrected chi connectivity index (χ1v) is 10.0. The number of anilines is 1. The summed E-state index contributed by atoms with van der Waals surface area (Å²) in [6, 6.07) is 7.47. The molecule has 0 radical (unpaired) electrons. The Morgan fingerprint density at radius 2 is 1.74 bits per heavy atom. The van der Waals surface area contributed by atoms with Gasteiger partial charge in [-0.25, -0.2) is 4.79 Å². The molecule has 2 saturated heterocycles. The van der Waals surface area contributed by atoms with Crippen LogP contribution in [-0.4, -0.2) is 40.7 Å². The third-order valence-corrected chi connectivity index (χ3v) is 6.02. The minimum Gasteiger partial charge on any atom is -0.353 e. The molecule has 3 amide bonds. The van der Waals surface area contributed by atoms with Crippen molar-refractivity contribution in [1.82, 2.24) is 10.2 Å². The van der Waals surface area contributed by atoms with Gasteiger partial charge in [0.2, 0.25) is 5.91 Å². The zero-order valence-corrected chi connectivity index (χ0v) is 15.7. The number of carbonyl (C=O) groups is 3. The molecule has 1 aromatic rings. The highest BCUT2D eigenvalue weighted by Gasteiger charge is 2.42. The van der Waals surface area contributed by atoms with E-state index in [4.69, 9.17) is 0 Å². The maximum absolute atomic E-state index is 13.0. The fraction of sp³-hybridized carbons (Fsp3) is 0.571. The normalized spacial score (nSPS) is 27.0. The lowest BCUT2D eigenvalue weighted by molar-refractivity contribution is -0.123. The third kappa shape index (κ3) is 3.99. The van der Waals surface area contributed by atoms with Crippen LogP contribution < -0.4 is 10.6 Å². The highest BCUT2D eigenvalue weighted by Crippen LogP contribution is 2.36. The summed E-state index contributed by atoms with van der Waals surface area (Å²) in [6.07, 6.45) is 6.77. The summed E-state index contributed by atoms with van der Waals surface area (Å²) < 4.78 is 0. The molecule has 1 aliphatic carbocycles. The quantitative estimate of drug-likeness (QED) is 0.799. The van der Waals surface area contributed by atoms with Crippen LogP contribution in [0.5, 0.6) is 0 Å². The molecule has 0 aromatic heterocycles. The monoisotopic (exact) mass is 369 g/mol. The smallest absolute Gasteiger partial charge is 0.322 e. The van der Waals surface area contributed by atoms with Gasteiger partial charge in [-0.15, -0.1) is 0 Å². The van der Waals surface area contributed by atoms with Crippen LogP contribution >= 0.6 is 0 Å². The first kappa shape index (κ1) is 18.0. The van der Waals surface area contributed by atoms with Gasteiger partial charge in [-0.2, -0.15) is 0 Å². The second-order valence-corrected chi connectivity index (χ2v) is 8.16. The molecule has 1 unspecified atom stereocenters. The average Bonchev–Trinajstić information content (AvgIpc) is 3.46. The van der Waals surface area contributed by atoms with Gasteiger partial charge in [0.05, 0.1) is 0 Å². The number of benzene rings is 1. The SMILES string of the molecule is CC(=O)c1cccc(NC(=O)N2[C@@H]3CCC[C@H]2CC(NC(=O)C2CC2)C3)c1. The molecule has 3 aliphatic rings. The maximum atomic E-state index is 13.0. The van der Waals surface area contributed by atoms with E-state index in [0.29, 0.717) is 11.3 Å². The molecule has 2 heterocycles. The Labute approximate surface area is 159 Å². The zero-order valence-electron chi connectivity index (χ0n) is 15.7. The van der Waals surface area contributed by atoms with Gasteiger partial charge in [0, 0.05) is 35.3 Å². The minimum atomic E-state index is -0.0997. The number of nitrogens with zero attached hydrogens (tertiary/aromatic N) is 1. The minimum absolute atomic E-state index is 0.0183. The van der Waals surface area contributed by atoms with Crippen molar-refractivity contribution in [1.29, 1.82) is 0 Å². The average molecular weight is 369 g/mol. The fourth-order valence-corrected chi connectivity index (χ4v) is 4.50. The Balaban J connectivity index is 1.42. The van der Waals surface area contributed by atoms with Crippen LogP contribution in [-0.2, 0) is 4.79 Å². The van der Waals surface area contributed by atoms with Crippen LogP contribution in [0.2, 0.25) is 0 Å². The van der Waals surface area contributed by atoms with Crippen molar-refractivity contribution in [3.63, 3.8) is 0 Å². The second kappa shape index (κ2) is 7.33. The number of ketones is 1. The first-order valence-electron chi connectivity index (χ1n) is 10.0. The van der Waals surface area contributed by atoms with E-state index in [9.17, 15) is 14.4 Å². The van der Waals surface area contributed by atoms with Gasteiger partial charge in [-0.05, 0) is 64.0 Å². The fourth-order valence-electron chi connectivity index (χ4n) is 4.50. The Bertz CT molecular complexity index is 745. The predicted molar refractivity (Wildman–Crippen MR) is 103 cm³/mol. The topological polar surface area (TPSA) is 78.5 Å². The molecule has 4 rings (SSSR count). The van der Waals surface area contributed by atoms with Crippen molar-refractivity contribution in [3.8, 4) is 0 Å². The van der Waals surface area contributed by atoms with Crippen molar-refractivity contribution in [2.75, 3.05) is 5.32 Å². The van der Waals surface area contributed by atoms with E-state index in [1.54, 1.807) is 18.2 Å².